The van der Waals surface area contributed by atoms with Crippen molar-refractivity contribution < 1.29 is 4.79 Å². The van der Waals surface area contributed by atoms with Crippen LogP contribution in [0, 0.1) is 0 Å². The van der Waals surface area contributed by atoms with Gasteiger partial charge in [0.25, 0.3) is 5.91 Å². The molecule has 0 bridgehead atoms. The first kappa shape index (κ1) is 15.0. The van der Waals surface area contributed by atoms with Gasteiger partial charge in [0.2, 0.25) is 0 Å². The molecule has 0 saturated carbocycles. The van der Waals surface area contributed by atoms with Gasteiger partial charge in [-0.2, -0.15) is 0 Å². The molecule has 0 fully saturated rings. The lowest BCUT2D eigenvalue weighted by Crippen LogP contribution is -2.25. The number of aryl methyl sites for hydroxylation is 1. The predicted molar refractivity (Wildman–Crippen MR) is 80.0 cm³/mol. The van der Waals surface area contributed by atoms with Crippen LogP contribution in [0.3, 0.4) is 0 Å². The maximum atomic E-state index is 11.9. The highest BCUT2D eigenvalue weighted by Crippen LogP contribution is 2.01. The summed E-state index contributed by atoms with van der Waals surface area (Å²) >= 11 is 0. The van der Waals surface area contributed by atoms with E-state index in [1.165, 1.54) is 0 Å². The Morgan fingerprint density at radius 2 is 2.19 bits per heavy atom. The van der Waals surface area contributed by atoms with Gasteiger partial charge in [0, 0.05) is 32.0 Å². The molecule has 0 unspecified atom stereocenters. The second-order valence-corrected chi connectivity index (χ2v) is 4.60. The van der Waals surface area contributed by atoms with Crippen molar-refractivity contribution in [3.8, 4) is 0 Å². The maximum Gasteiger partial charge on any atom is 0.271 e. The van der Waals surface area contributed by atoms with Crippen molar-refractivity contribution in [3.63, 3.8) is 0 Å². The SMILES string of the molecule is CCNc1ccc(C(=O)NCCCCn2ccnc2)nn1. The monoisotopic (exact) mass is 288 g/mol. The molecule has 0 saturated heterocycles. The van der Waals surface area contributed by atoms with Gasteiger partial charge >= 0.3 is 0 Å². The number of rotatable bonds is 8. The summed E-state index contributed by atoms with van der Waals surface area (Å²) in [7, 11) is 0. The quantitative estimate of drug-likeness (QED) is 0.716. The van der Waals surface area contributed by atoms with Crippen molar-refractivity contribution >= 4 is 11.7 Å². The van der Waals surface area contributed by atoms with E-state index in [2.05, 4.69) is 25.8 Å². The second-order valence-electron chi connectivity index (χ2n) is 4.60. The van der Waals surface area contributed by atoms with Gasteiger partial charge in [0.05, 0.1) is 6.33 Å². The summed E-state index contributed by atoms with van der Waals surface area (Å²) in [6, 6.07) is 3.43. The zero-order valence-electron chi connectivity index (χ0n) is 12.1. The molecule has 7 heteroatoms. The molecule has 0 aliphatic rings. The molecule has 2 N–H and O–H groups in total. The van der Waals surface area contributed by atoms with E-state index in [0.29, 0.717) is 18.1 Å². The van der Waals surface area contributed by atoms with Crippen molar-refractivity contribution in [2.24, 2.45) is 0 Å². The number of imidazole rings is 1. The topological polar surface area (TPSA) is 84.7 Å². The minimum Gasteiger partial charge on any atom is -0.369 e. The van der Waals surface area contributed by atoms with Gasteiger partial charge in [-0.05, 0) is 31.9 Å². The number of amides is 1. The third-order valence-electron chi connectivity index (χ3n) is 2.94. The Bertz CT molecular complexity index is 537. The fourth-order valence-electron chi connectivity index (χ4n) is 1.86. The third-order valence-corrected chi connectivity index (χ3v) is 2.94. The molecule has 7 nitrogen and oxygen atoms in total. The number of aromatic nitrogens is 4. The average molecular weight is 288 g/mol. The largest absolute Gasteiger partial charge is 0.369 e. The number of carbonyl (C=O) groups is 1. The van der Waals surface area contributed by atoms with Crippen LogP contribution in [0.15, 0.2) is 30.9 Å². The standard InChI is InChI=1S/C14H20N6O/c1-2-16-13-6-5-12(18-19-13)14(21)17-7-3-4-9-20-10-8-15-11-20/h5-6,8,10-11H,2-4,7,9H2,1H3,(H,16,19)(H,17,21). The van der Waals surface area contributed by atoms with Crippen LogP contribution in [-0.4, -0.2) is 38.7 Å². The van der Waals surface area contributed by atoms with Gasteiger partial charge in [0.15, 0.2) is 5.69 Å². The highest BCUT2D eigenvalue weighted by Gasteiger charge is 2.07. The van der Waals surface area contributed by atoms with E-state index in [-0.39, 0.29) is 5.91 Å². The number of hydrogen-bond acceptors (Lipinski definition) is 5. The summed E-state index contributed by atoms with van der Waals surface area (Å²) in [5.41, 5.74) is 0.339. The van der Waals surface area contributed by atoms with Crippen molar-refractivity contribution in [3.05, 3.63) is 36.5 Å². The third kappa shape index (κ3) is 4.87. The molecule has 112 valence electrons. The summed E-state index contributed by atoms with van der Waals surface area (Å²) in [6.45, 7) is 4.29. The molecule has 0 radical (unpaired) electrons. The second kappa shape index (κ2) is 7.98. The first-order valence-electron chi connectivity index (χ1n) is 7.11. The van der Waals surface area contributed by atoms with Crippen molar-refractivity contribution in [1.29, 1.82) is 0 Å². The molecule has 0 aliphatic heterocycles. The van der Waals surface area contributed by atoms with E-state index in [9.17, 15) is 4.79 Å². The highest BCUT2D eigenvalue weighted by atomic mass is 16.1. The fourth-order valence-corrected chi connectivity index (χ4v) is 1.86. The van der Waals surface area contributed by atoms with Gasteiger partial charge < -0.3 is 15.2 Å². The van der Waals surface area contributed by atoms with E-state index in [1.54, 1.807) is 24.7 Å². The van der Waals surface area contributed by atoms with Crippen molar-refractivity contribution in [2.75, 3.05) is 18.4 Å². The lowest BCUT2D eigenvalue weighted by molar-refractivity contribution is 0.0947. The van der Waals surface area contributed by atoms with E-state index < -0.39 is 0 Å². The zero-order chi connectivity index (χ0) is 14.9. The number of carbonyl (C=O) groups excluding carboxylic acids is 1. The lowest BCUT2D eigenvalue weighted by atomic mass is 10.3. The van der Waals surface area contributed by atoms with Crippen molar-refractivity contribution in [2.45, 2.75) is 26.3 Å². The first-order chi connectivity index (χ1) is 10.3. The Hall–Kier alpha value is -2.44. The summed E-state index contributed by atoms with van der Waals surface area (Å²) < 4.78 is 2.02. The van der Waals surface area contributed by atoms with Crippen LogP contribution in [0.4, 0.5) is 5.82 Å². The summed E-state index contributed by atoms with van der Waals surface area (Å²) in [5.74, 6) is 0.488. The molecule has 2 aromatic rings. The molecular weight excluding hydrogens is 268 g/mol. The number of nitrogens with zero attached hydrogens (tertiary/aromatic N) is 4. The van der Waals surface area contributed by atoms with Crippen LogP contribution in [-0.2, 0) is 6.54 Å². The Balaban J connectivity index is 1.66. The first-order valence-corrected chi connectivity index (χ1v) is 7.11. The van der Waals surface area contributed by atoms with Gasteiger partial charge in [-0.15, -0.1) is 10.2 Å². The van der Waals surface area contributed by atoms with E-state index in [4.69, 9.17) is 0 Å². The summed E-state index contributed by atoms with van der Waals surface area (Å²) in [6.07, 6.45) is 7.38. The number of unbranched alkanes of at least 4 members (excludes halogenated alkanes) is 1. The number of nitrogens with one attached hydrogen (secondary N) is 2. The van der Waals surface area contributed by atoms with Crippen LogP contribution >= 0.6 is 0 Å². The Labute approximate surface area is 123 Å². The van der Waals surface area contributed by atoms with E-state index >= 15 is 0 Å². The normalized spacial score (nSPS) is 10.3. The average Bonchev–Trinajstić information content (AvgIpc) is 3.01. The molecule has 0 aromatic carbocycles. The molecule has 0 atom stereocenters. The van der Waals surface area contributed by atoms with Crippen LogP contribution in [0.2, 0.25) is 0 Å². The molecule has 2 aromatic heterocycles. The molecule has 0 spiro atoms. The predicted octanol–water partition coefficient (Wildman–Crippen LogP) is 1.32. The van der Waals surface area contributed by atoms with Crippen LogP contribution in [0.25, 0.3) is 0 Å². The summed E-state index contributed by atoms with van der Waals surface area (Å²) in [5, 5.41) is 13.7. The molecule has 21 heavy (non-hydrogen) atoms. The van der Waals surface area contributed by atoms with E-state index in [1.807, 2.05) is 17.7 Å². The number of hydrogen-bond donors (Lipinski definition) is 2. The maximum absolute atomic E-state index is 11.9. The minimum atomic E-state index is -0.187. The molecular formula is C14H20N6O. The van der Waals surface area contributed by atoms with Gasteiger partial charge in [-0.25, -0.2) is 4.98 Å². The van der Waals surface area contributed by atoms with Crippen LogP contribution in [0.5, 0.6) is 0 Å². The molecule has 0 aliphatic carbocycles. The van der Waals surface area contributed by atoms with Crippen LogP contribution in [0.1, 0.15) is 30.3 Å². The Morgan fingerprint density at radius 3 is 2.86 bits per heavy atom. The minimum absolute atomic E-state index is 0.187. The zero-order valence-corrected chi connectivity index (χ0v) is 12.1. The van der Waals surface area contributed by atoms with Gasteiger partial charge in [-0.3, -0.25) is 4.79 Å². The van der Waals surface area contributed by atoms with Crippen molar-refractivity contribution in [1.82, 2.24) is 25.1 Å². The van der Waals surface area contributed by atoms with Gasteiger partial charge in [0.1, 0.15) is 5.82 Å². The highest BCUT2D eigenvalue weighted by molar-refractivity contribution is 5.92. The van der Waals surface area contributed by atoms with E-state index in [0.717, 1.165) is 25.9 Å². The molecule has 2 heterocycles. The van der Waals surface area contributed by atoms with Gasteiger partial charge in [-0.1, -0.05) is 0 Å². The Kier molecular flexibility index (Phi) is 5.69. The Morgan fingerprint density at radius 1 is 1.29 bits per heavy atom. The molecule has 1 amide bonds. The number of anilines is 1. The molecule has 2 rings (SSSR count). The smallest absolute Gasteiger partial charge is 0.271 e. The lowest BCUT2D eigenvalue weighted by Gasteiger charge is -2.06. The van der Waals surface area contributed by atoms with Crippen LogP contribution < -0.4 is 10.6 Å². The fraction of sp³-hybridized carbons (Fsp3) is 0.429. The summed E-state index contributed by atoms with van der Waals surface area (Å²) in [4.78, 5) is 15.8.